The van der Waals surface area contributed by atoms with E-state index >= 15 is 0 Å². The Kier molecular flexibility index (Phi) is 3.52. The van der Waals surface area contributed by atoms with Crippen LogP contribution in [0.5, 0.6) is 0 Å². The van der Waals surface area contributed by atoms with Crippen molar-refractivity contribution in [2.24, 2.45) is 12.8 Å². The van der Waals surface area contributed by atoms with E-state index in [4.69, 9.17) is 5.73 Å². The molecule has 3 aromatic rings. The maximum absolute atomic E-state index is 6.48. The van der Waals surface area contributed by atoms with Crippen LogP contribution in [0, 0.1) is 13.8 Å². The van der Waals surface area contributed by atoms with E-state index < -0.39 is 0 Å². The van der Waals surface area contributed by atoms with Crippen LogP contribution in [0.3, 0.4) is 0 Å². The Hall–Kier alpha value is -2.13. The Morgan fingerprint density at radius 1 is 1.05 bits per heavy atom. The molecule has 1 unspecified atom stereocenters. The summed E-state index contributed by atoms with van der Waals surface area (Å²) >= 11 is 0. The Bertz CT molecular complexity index is 766. The summed E-state index contributed by atoms with van der Waals surface area (Å²) in [4.78, 5) is 0. The molecule has 0 saturated carbocycles. The lowest BCUT2D eigenvalue weighted by atomic mass is 9.93. The first kappa shape index (κ1) is 13.8. The molecule has 1 atom stereocenters. The molecule has 0 radical (unpaired) electrons. The zero-order valence-corrected chi connectivity index (χ0v) is 12.8. The molecule has 0 spiro atoms. The van der Waals surface area contributed by atoms with Crippen molar-refractivity contribution in [2.45, 2.75) is 26.3 Å². The van der Waals surface area contributed by atoms with E-state index in [1.165, 1.54) is 22.1 Å². The first-order chi connectivity index (χ1) is 10.1. The minimum atomic E-state index is -0.0236. The molecular formula is C18H21N3. The monoisotopic (exact) mass is 279 g/mol. The molecule has 0 aliphatic carbocycles. The largest absolute Gasteiger partial charge is 0.324 e. The molecule has 0 aliphatic heterocycles. The number of para-hydroxylation sites is 1. The fourth-order valence-electron chi connectivity index (χ4n) is 3.16. The van der Waals surface area contributed by atoms with Crippen molar-refractivity contribution in [3.05, 3.63) is 64.8 Å². The molecule has 1 heterocycles. The Morgan fingerprint density at radius 2 is 1.71 bits per heavy atom. The van der Waals surface area contributed by atoms with Gasteiger partial charge >= 0.3 is 0 Å². The summed E-state index contributed by atoms with van der Waals surface area (Å²) in [5, 5.41) is 5.85. The summed E-state index contributed by atoms with van der Waals surface area (Å²) < 4.78 is 1.93. The highest BCUT2D eigenvalue weighted by Crippen LogP contribution is 2.26. The summed E-state index contributed by atoms with van der Waals surface area (Å²) in [6, 6.07) is 14.6. The first-order valence-corrected chi connectivity index (χ1v) is 7.30. The van der Waals surface area contributed by atoms with E-state index in [0.717, 1.165) is 17.6 Å². The van der Waals surface area contributed by atoms with Crippen molar-refractivity contribution in [3.63, 3.8) is 0 Å². The van der Waals surface area contributed by atoms with Crippen LogP contribution in [0.4, 0.5) is 0 Å². The van der Waals surface area contributed by atoms with Gasteiger partial charge in [0, 0.05) is 24.9 Å². The lowest BCUT2D eigenvalue weighted by Gasteiger charge is -2.16. The highest BCUT2D eigenvalue weighted by atomic mass is 15.3. The van der Waals surface area contributed by atoms with Crippen molar-refractivity contribution in [2.75, 3.05) is 0 Å². The van der Waals surface area contributed by atoms with Gasteiger partial charge in [0.2, 0.25) is 0 Å². The van der Waals surface area contributed by atoms with E-state index in [1.807, 2.05) is 17.8 Å². The predicted octanol–water partition coefficient (Wildman–Crippen LogP) is 3.43. The summed E-state index contributed by atoms with van der Waals surface area (Å²) in [5.41, 5.74) is 12.5. The van der Waals surface area contributed by atoms with Gasteiger partial charge in [0.05, 0.1) is 11.2 Å². The first-order valence-electron chi connectivity index (χ1n) is 7.30. The van der Waals surface area contributed by atoms with Crippen LogP contribution in [0.2, 0.25) is 0 Å². The molecule has 21 heavy (non-hydrogen) atoms. The fourth-order valence-corrected chi connectivity index (χ4v) is 3.16. The third-order valence-corrected chi connectivity index (χ3v) is 4.16. The standard InChI is InChI=1S/C18H21N3/c1-12-7-6-8-13(2)18(12)15(19)11-16-14-9-4-5-10-17(14)21(3)20-16/h4-10,15H,11,19H2,1-3H3. The number of aryl methyl sites for hydroxylation is 3. The number of benzene rings is 2. The summed E-state index contributed by atoms with van der Waals surface area (Å²) in [6.07, 6.45) is 0.757. The number of rotatable bonds is 3. The second kappa shape index (κ2) is 5.34. The van der Waals surface area contributed by atoms with Gasteiger partial charge in [-0.2, -0.15) is 5.10 Å². The van der Waals surface area contributed by atoms with Gasteiger partial charge < -0.3 is 5.73 Å². The highest BCUT2D eigenvalue weighted by molar-refractivity contribution is 5.81. The van der Waals surface area contributed by atoms with E-state index in [-0.39, 0.29) is 6.04 Å². The molecule has 0 bridgehead atoms. The van der Waals surface area contributed by atoms with Crippen molar-refractivity contribution < 1.29 is 0 Å². The highest BCUT2D eigenvalue weighted by Gasteiger charge is 2.16. The van der Waals surface area contributed by atoms with Gasteiger partial charge in [-0.1, -0.05) is 36.4 Å². The van der Waals surface area contributed by atoms with E-state index in [9.17, 15) is 0 Å². The second-order valence-corrected chi connectivity index (χ2v) is 5.70. The van der Waals surface area contributed by atoms with E-state index in [1.54, 1.807) is 0 Å². The zero-order chi connectivity index (χ0) is 15.0. The summed E-state index contributed by atoms with van der Waals surface area (Å²) in [6.45, 7) is 4.25. The lowest BCUT2D eigenvalue weighted by Crippen LogP contribution is -2.16. The molecule has 1 aromatic heterocycles. The number of nitrogens with zero attached hydrogens (tertiary/aromatic N) is 2. The number of fused-ring (bicyclic) bond motifs is 1. The minimum absolute atomic E-state index is 0.0236. The molecule has 108 valence electrons. The quantitative estimate of drug-likeness (QED) is 0.798. The maximum atomic E-state index is 6.48. The third-order valence-electron chi connectivity index (χ3n) is 4.16. The molecular weight excluding hydrogens is 258 g/mol. The summed E-state index contributed by atoms with van der Waals surface area (Å²) in [5.74, 6) is 0. The fraction of sp³-hybridized carbons (Fsp3) is 0.278. The van der Waals surface area contributed by atoms with Gasteiger partial charge in [-0.25, -0.2) is 0 Å². The second-order valence-electron chi connectivity index (χ2n) is 5.70. The average molecular weight is 279 g/mol. The van der Waals surface area contributed by atoms with Crippen LogP contribution in [-0.4, -0.2) is 9.78 Å². The third kappa shape index (κ3) is 2.45. The molecule has 2 aromatic carbocycles. The number of hydrogen-bond donors (Lipinski definition) is 1. The summed E-state index contributed by atoms with van der Waals surface area (Å²) in [7, 11) is 1.98. The van der Waals surface area contributed by atoms with Crippen molar-refractivity contribution in [1.29, 1.82) is 0 Å². The molecule has 3 nitrogen and oxygen atoms in total. The van der Waals surface area contributed by atoms with Crippen LogP contribution in [0.15, 0.2) is 42.5 Å². The van der Waals surface area contributed by atoms with Crippen LogP contribution in [-0.2, 0) is 13.5 Å². The zero-order valence-electron chi connectivity index (χ0n) is 12.8. The van der Waals surface area contributed by atoms with Crippen molar-refractivity contribution >= 4 is 10.9 Å². The molecule has 0 fully saturated rings. The molecule has 3 heteroatoms. The normalized spacial score (nSPS) is 12.8. The van der Waals surface area contributed by atoms with Crippen LogP contribution in [0.25, 0.3) is 10.9 Å². The molecule has 3 rings (SSSR count). The SMILES string of the molecule is Cc1cccc(C)c1C(N)Cc1nn(C)c2ccccc12. The lowest BCUT2D eigenvalue weighted by molar-refractivity contribution is 0.675. The van der Waals surface area contributed by atoms with Crippen molar-refractivity contribution in [3.8, 4) is 0 Å². The van der Waals surface area contributed by atoms with Gasteiger partial charge in [-0.3, -0.25) is 4.68 Å². The van der Waals surface area contributed by atoms with Crippen LogP contribution in [0.1, 0.15) is 28.4 Å². The number of hydrogen-bond acceptors (Lipinski definition) is 2. The molecule has 0 saturated heterocycles. The number of nitrogens with two attached hydrogens (primary N) is 1. The van der Waals surface area contributed by atoms with Gasteiger partial charge in [-0.15, -0.1) is 0 Å². The van der Waals surface area contributed by atoms with E-state index in [0.29, 0.717) is 0 Å². The molecule has 0 aliphatic rings. The predicted molar refractivity (Wildman–Crippen MR) is 87.3 cm³/mol. The van der Waals surface area contributed by atoms with E-state index in [2.05, 4.69) is 55.3 Å². The topological polar surface area (TPSA) is 43.8 Å². The Labute approximate surface area is 125 Å². The van der Waals surface area contributed by atoms with Gasteiger partial charge in [0.15, 0.2) is 0 Å². The molecule has 0 amide bonds. The van der Waals surface area contributed by atoms with Gasteiger partial charge in [0.1, 0.15) is 0 Å². The maximum Gasteiger partial charge on any atom is 0.0722 e. The van der Waals surface area contributed by atoms with Gasteiger partial charge in [0.25, 0.3) is 0 Å². The Morgan fingerprint density at radius 3 is 2.43 bits per heavy atom. The van der Waals surface area contributed by atoms with Crippen molar-refractivity contribution in [1.82, 2.24) is 9.78 Å². The van der Waals surface area contributed by atoms with Crippen LogP contribution >= 0.6 is 0 Å². The minimum Gasteiger partial charge on any atom is -0.324 e. The Balaban J connectivity index is 1.99. The van der Waals surface area contributed by atoms with Gasteiger partial charge in [-0.05, 0) is 36.6 Å². The molecule has 2 N–H and O–H groups in total. The average Bonchev–Trinajstić information content (AvgIpc) is 2.76. The number of aromatic nitrogens is 2. The van der Waals surface area contributed by atoms with Crippen LogP contribution < -0.4 is 5.73 Å². The smallest absolute Gasteiger partial charge is 0.0722 e.